The summed E-state index contributed by atoms with van der Waals surface area (Å²) in [5.41, 5.74) is 3.20. The minimum Gasteiger partial charge on any atom is -0.345 e. The van der Waals surface area contributed by atoms with Gasteiger partial charge in [0, 0.05) is 35.9 Å². The molecule has 1 fully saturated rings. The monoisotopic (exact) mass is 387 g/mol. The molecule has 5 nitrogen and oxygen atoms in total. The van der Waals surface area contributed by atoms with E-state index in [9.17, 15) is 0 Å². The number of nitrogens with one attached hydrogen (secondary N) is 2. The van der Waals surface area contributed by atoms with E-state index in [1.54, 1.807) is 18.6 Å². The second kappa shape index (κ2) is 7.23. The van der Waals surface area contributed by atoms with E-state index >= 15 is 0 Å². The van der Waals surface area contributed by atoms with Gasteiger partial charge in [0.25, 0.3) is 0 Å². The van der Waals surface area contributed by atoms with Crippen LogP contribution in [-0.2, 0) is 5.54 Å². The van der Waals surface area contributed by atoms with E-state index in [4.69, 9.17) is 0 Å². The van der Waals surface area contributed by atoms with Crippen molar-refractivity contribution >= 4 is 5.95 Å². The van der Waals surface area contributed by atoms with E-state index in [0.717, 1.165) is 18.4 Å². The zero-order valence-electron chi connectivity index (χ0n) is 17.6. The van der Waals surface area contributed by atoms with Crippen molar-refractivity contribution in [3.8, 4) is 11.1 Å². The van der Waals surface area contributed by atoms with Crippen molar-refractivity contribution < 1.29 is 0 Å². The maximum atomic E-state index is 4.45. The van der Waals surface area contributed by atoms with E-state index in [2.05, 4.69) is 83.6 Å². The van der Waals surface area contributed by atoms with Gasteiger partial charge in [-0.1, -0.05) is 30.3 Å². The third-order valence-electron chi connectivity index (χ3n) is 5.51. The molecule has 3 aromatic rings. The summed E-state index contributed by atoms with van der Waals surface area (Å²) in [6.45, 7) is 9.06. The van der Waals surface area contributed by atoms with E-state index in [1.165, 1.54) is 11.1 Å². The van der Waals surface area contributed by atoms with Gasteiger partial charge in [0.15, 0.2) is 0 Å². The molecule has 1 aromatic carbocycles. The molecule has 0 aliphatic carbocycles. The van der Waals surface area contributed by atoms with Crippen LogP contribution in [0, 0.1) is 0 Å². The number of aromatic nitrogens is 3. The molecule has 0 amide bonds. The molecule has 4 rings (SSSR count). The van der Waals surface area contributed by atoms with Gasteiger partial charge in [0.1, 0.15) is 0 Å². The van der Waals surface area contributed by atoms with Crippen LogP contribution < -0.4 is 10.6 Å². The molecule has 1 saturated heterocycles. The van der Waals surface area contributed by atoms with Crippen LogP contribution in [0.5, 0.6) is 0 Å². The van der Waals surface area contributed by atoms with E-state index in [-0.39, 0.29) is 16.6 Å². The number of piperidine rings is 1. The van der Waals surface area contributed by atoms with Gasteiger partial charge < -0.3 is 10.6 Å². The highest BCUT2D eigenvalue weighted by molar-refractivity contribution is 5.63. The van der Waals surface area contributed by atoms with Gasteiger partial charge in [-0.15, -0.1) is 0 Å². The highest BCUT2D eigenvalue weighted by atomic mass is 15.2. The second-order valence-electron chi connectivity index (χ2n) is 9.34. The molecule has 2 N–H and O–H groups in total. The highest BCUT2D eigenvalue weighted by Gasteiger charge is 2.48. The third kappa shape index (κ3) is 4.30. The fourth-order valence-corrected chi connectivity index (χ4v) is 5.03. The van der Waals surface area contributed by atoms with Gasteiger partial charge in [-0.2, -0.15) is 0 Å². The summed E-state index contributed by atoms with van der Waals surface area (Å²) < 4.78 is 0. The lowest BCUT2D eigenvalue weighted by atomic mass is 9.67. The minimum atomic E-state index is -0.271. The quantitative estimate of drug-likeness (QED) is 0.674. The summed E-state index contributed by atoms with van der Waals surface area (Å²) in [7, 11) is 0. The van der Waals surface area contributed by atoms with Crippen molar-refractivity contribution in [2.24, 2.45) is 0 Å². The number of anilines is 1. The summed E-state index contributed by atoms with van der Waals surface area (Å²) in [5, 5.41) is 7.50. The Bertz CT molecular complexity index is 934. The number of nitrogens with zero attached hydrogens (tertiary/aromatic N) is 3. The molecular formula is C24H29N5. The van der Waals surface area contributed by atoms with Crippen LogP contribution in [0.25, 0.3) is 11.1 Å². The zero-order chi connectivity index (χ0) is 20.5. The summed E-state index contributed by atoms with van der Waals surface area (Å²) in [4.78, 5) is 13.2. The van der Waals surface area contributed by atoms with Crippen molar-refractivity contribution in [2.75, 3.05) is 5.32 Å². The molecule has 3 heterocycles. The van der Waals surface area contributed by atoms with E-state index in [1.807, 2.05) is 18.3 Å². The van der Waals surface area contributed by atoms with Crippen molar-refractivity contribution in [2.45, 2.75) is 57.2 Å². The topological polar surface area (TPSA) is 62.7 Å². The second-order valence-corrected chi connectivity index (χ2v) is 9.34. The smallest absolute Gasteiger partial charge is 0.223 e. The normalized spacial score (nSPS) is 19.4. The van der Waals surface area contributed by atoms with Crippen LogP contribution in [0.4, 0.5) is 5.95 Å². The first kappa shape index (κ1) is 19.5. The van der Waals surface area contributed by atoms with Crippen LogP contribution in [0.1, 0.15) is 46.1 Å². The Morgan fingerprint density at radius 2 is 1.45 bits per heavy atom. The maximum Gasteiger partial charge on any atom is 0.223 e. The molecule has 0 bridgehead atoms. The average molecular weight is 388 g/mol. The van der Waals surface area contributed by atoms with Crippen LogP contribution >= 0.6 is 0 Å². The lowest BCUT2D eigenvalue weighted by Gasteiger charge is -2.53. The summed E-state index contributed by atoms with van der Waals surface area (Å²) in [6.07, 6.45) is 9.12. The van der Waals surface area contributed by atoms with Crippen molar-refractivity contribution in [1.82, 2.24) is 20.3 Å². The Balaban J connectivity index is 1.76. The first-order valence-electron chi connectivity index (χ1n) is 10.1. The minimum absolute atomic E-state index is 0.0362. The lowest BCUT2D eigenvalue weighted by molar-refractivity contribution is 0.116. The lowest BCUT2D eigenvalue weighted by Crippen LogP contribution is -2.64. The number of benzene rings is 1. The third-order valence-corrected chi connectivity index (χ3v) is 5.51. The molecule has 0 saturated carbocycles. The standard InChI is InChI=1S/C24H29N5/c1-22(2)16-24(17-23(3,4)29-22,28-21-26-13-6-14-27-21)20-10-8-18(9-11-20)19-7-5-12-25-15-19/h5-15,29H,16-17H2,1-4H3,(H,26,27,28). The first-order valence-corrected chi connectivity index (χ1v) is 10.1. The number of pyridine rings is 1. The van der Waals surface area contributed by atoms with Gasteiger partial charge in [-0.25, -0.2) is 9.97 Å². The van der Waals surface area contributed by atoms with Crippen LogP contribution in [0.3, 0.4) is 0 Å². The molecular weight excluding hydrogens is 358 g/mol. The predicted molar refractivity (Wildman–Crippen MR) is 118 cm³/mol. The number of hydrogen-bond acceptors (Lipinski definition) is 5. The molecule has 2 aromatic heterocycles. The van der Waals surface area contributed by atoms with E-state index in [0.29, 0.717) is 5.95 Å². The SMILES string of the molecule is CC1(C)CC(Nc2ncccn2)(c2ccc(-c3cccnc3)cc2)CC(C)(C)N1. The van der Waals surface area contributed by atoms with Gasteiger partial charge in [-0.05, 0) is 69.4 Å². The van der Waals surface area contributed by atoms with Gasteiger partial charge in [-0.3, -0.25) is 4.98 Å². The predicted octanol–water partition coefficient (Wildman–Crippen LogP) is 4.79. The van der Waals surface area contributed by atoms with Gasteiger partial charge in [0.05, 0.1) is 5.54 Å². The van der Waals surface area contributed by atoms with Gasteiger partial charge >= 0.3 is 0 Å². The molecule has 0 atom stereocenters. The van der Waals surface area contributed by atoms with Crippen LogP contribution in [-0.4, -0.2) is 26.0 Å². The maximum absolute atomic E-state index is 4.45. The van der Waals surface area contributed by atoms with Crippen LogP contribution in [0.15, 0.2) is 67.3 Å². The number of hydrogen-bond donors (Lipinski definition) is 2. The molecule has 5 heteroatoms. The van der Waals surface area contributed by atoms with Crippen LogP contribution in [0.2, 0.25) is 0 Å². The molecule has 0 unspecified atom stereocenters. The largest absolute Gasteiger partial charge is 0.345 e. The molecule has 1 aliphatic heterocycles. The summed E-state index contributed by atoms with van der Waals surface area (Å²) >= 11 is 0. The van der Waals surface area contributed by atoms with Crippen molar-refractivity contribution in [1.29, 1.82) is 0 Å². The Kier molecular flexibility index (Phi) is 4.87. The Labute approximate surface area is 173 Å². The fourth-order valence-electron chi connectivity index (χ4n) is 5.03. The fraction of sp³-hybridized carbons (Fsp3) is 0.375. The van der Waals surface area contributed by atoms with Gasteiger partial charge in [0.2, 0.25) is 5.95 Å². The number of rotatable bonds is 4. The molecule has 0 radical (unpaired) electrons. The molecule has 29 heavy (non-hydrogen) atoms. The van der Waals surface area contributed by atoms with Crippen molar-refractivity contribution in [3.63, 3.8) is 0 Å². The molecule has 1 aliphatic rings. The average Bonchev–Trinajstić information content (AvgIpc) is 2.67. The van der Waals surface area contributed by atoms with E-state index < -0.39 is 0 Å². The Hall–Kier alpha value is -2.79. The first-order chi connectivity index (χ1) is 13.8. The molecule has 150 valence electrons. The summed E-state index contributed by atoms with van der Waals surface area (Å²) in [6, 6.07) is 14.7. The highest BCUT2D eigenvalue weighted by Crippen LogP contribution is 2.44. The zero-order valence-corrected chi connectivity index (χ0v) is 17.6. The summed E-state index contributed by atoms with van der Waals surface area (Å²) in [5.74, 6) is 0.664. The molecule has 0 spiro atoms. The Morgan fingerprint density at radius 1 is 0.793 bits per heavy atom. The Morgan fingerprint density at radius 3 is 2.03 bits per heavy atom. The van der Waals surface area contributed by atoms with Crippen molar-refractivity contribution in [3.05, 3.63) is 72.8 Å².